The lowest BCUT2D eigenvalue weighted by Crippen LogP contribution is -2.20. The molecule has 0 aliphatic rings. The summed E-state index contributed by atoms with van der Waals surface area (Å²) in [6, 6.07) is 4.29. The molecule has 0 saturated heterocycles. The first-order valence-corrected chi connectivity index (χ1v) is 7.22. The zero-order chi connectivity index (χ0) is 13.6. The van der Waals surface area contributed by atoms with Crippen LogP contribution in [-0.2, 0) is 5.41 Å². The van der Waals surface area contributed by atoms with Crippen molar-refractivity contribution < 1.29 is 0 Å². The van der Waals surface area contributed by atoms with Crippen molar-refractivity contribution in [1.82, 2.24) is 4.98 Å². The standard InChI is InChI=1S/C15H25ClN2/c1-15(2,3)13-8-9-14(17-12-13)18(4)11-7-5-6-10-16/h8-9,12H,5-7,10-11H2,1-4H3. The molecule has 0 fully saturated rings. The highest BCUT2D eigenvalue weighted by atomic mass is 35.5. The van der Waals surface area contributed by atoms with Crippen molar-refractivity contribution in [3.05, 3.63) is 23.9 Å². The van der Waals surface area contributed by atoms with E-state index < -0.39 is 0 Å². The molecule has 0 aliphatic heterocycles. The van der Waals surface area contributed by atoms with Crippen molar-refractivity contribution >= 4 is 17.4 Å². The lowest BCUT2D eigenvalue weighted by Gasteiger charge is -2.21. The highest BCUT2D eigenvalue weighted by molar-refractivity contribution is 6.17. The number of pyridine rings is 1. The molecule has 1 aromatic heterocycles. The van der Waals surface area contributed by atoms with Crippen LogP contribution in [0.15, 0.2) is 18.3 Å². The Hall–Kier alpha value is -0.760. The van der Waals surface area contributed by atoms with Crippen molar-refractivity contribution in [3.63, 3.8) is 0 Å². The number of nitrogens with zero attached hydrogens (tertiary/aromatic N) is 2. The zero-order valence-electron chi connectivity index (χ0n) is 12.0. The van der Waals surface area contributed by atoms with E-state index in [1.54, 1.807) is 0 Å². The van der Waals surface area contributed by atoms with Crippen LogP contribution in [0.25, 0.3) is 0 Å². The molecule has 18 heavy (non-hydrogen) atoms. The Kier molecular flexibility index (Phi) is 5.94. The summed E-state index contributed by atoms with van der Waals surface area (Å²) >= 11 is 5.67. The molecule has 0 amide bonds. The van der Waals surface area contributed by atoms with Gasteiger partial charge in [0.25, 0.3) is 0 Å². The third-order valence-corrected chi connectivity index (χ3v) is 3.40. The first-order valence-electron chi connectivity index (χ1n) is 6.69. The maximum absolute atomic E-state index is 5.67. The molecule has 0 radical (unpaired) electrons. The van der Waals surface area contributed by atoms with Gasteiger partial charge in [-0.25, -0.2) is 4.98 Å². The topological polar surface area (TPSA) is 16.1 Å². The SMILES string of the molecule is CN(CCCCCCl)c1ccc(C(C)(C)C)cn1. The molecule has 0 bridgehead atoms. The summed E-state index contributed by atoms with van der Waals surface area (Å²) < 4.78 is 0. The van der Waals surface area contributed by atoms with Gasteiger partial charge in [-0.1, -0.05) is 33.3 Å². The van der Waals surface area contributed by atoms with Crippen LogP contribution < -0.4 is 4.90 Å². The van der Waals surface area contributed by atoms with Crippen molar-refractivity contribution in [2.45, 2.75) is 45.4 Å². The molecule has 0 spiro atoms. The van der Waals surface area contributed by atoms with Gasteiger partial charge < -0.3 is 4.90 Å². The molecular formula is C15H25ClN2. The second-order valence-corrected chi connectivity index (χ2v) is 6.20. The van der Waals surface area contributed by atoms with E-state index in [2.05, 4.69) is 49.8 Å². The van der Waals surface area contributed by atoms with Gasteiger partial charge in [0.05, 0.1) is 0 Å². The number of rotatable bonds is 6. The lowest BCUT2D eigenvalue weighted by molar-refractivity contribution is 0.587. The molecule has 0 unspecified atom stereocenters. The summed E-state index contributed by atoms with van der Waals surface area (Å²) in [7, 11) is 2.10. The highest BCUT2D eigenvalue weighted by Crippen LogP contribution is 2.22. The number of halogens is 1. The van der Waals surface area contributed by atoms with Crippen LogP contribution in [0.3, 0.4) is 0 Å². The molecular weight excluding hydrogens is 244 g/mol. The quantitative estimate of drug-likeness (QED) is 0.567. The summed E-state index contributed by atoms with van der Waals surface area (Å²) in [6.45, 7) is 7.66. The smallest absolute Gasteiger partial charge is 0.128 e. The molecule has 2 nitrogen and oxygen atoms in total. The van der Waals surface area contributed by atoms with Crippen molar-refractivity contribution in [1.29, 1.82) is 0 Å². The van der Waals surface area contributed by atoms with Gasteiger partial charge in [0, 0.05) is 25.7 Å². The Bertz CT molecular complexity index is 341. The molecule has 3 heteroatoms. The molecule has 1 aromatic rings. The Morgan fingerprint density at radius 1 is 1.17 bits per heavy atom. The number of alkyl halides is 1. The third kappa shape index (κ3) is 4.85. The summed E-state index contributed by atoms with van der Waals surface area (Å²) in [5.74, 6) is 1.82. The molecule has 0 N–H and O–H groups in total. The molecule has 1 heterocycles. The average Bonchev–Trinajstić information content (AvgIpc) is 2.33. The van der Waals surface area contributed by atoms with Gasteiger partial charge in [0.2, 0.25) is 0 Å². The fourth-order valence-corrected chi connectivity index (χ4v) is 1.98. The fourth-order valence-electron chi connectivity index (χ4n) is 1.79. The fraction of sp³-hybridized carbons (Fsp3) is 0.667. The number of aromatic nitrogens is 1. The van der Waals surface area contributed by atoms with E-state index in [0.717, 1.165) is 24.7 Å². The number of anilines is 1. The van der Waals surface area contributed by atoms with Crippen LogP contribution in [-0.4, -0.2) is 24.5 Å². The predicted molar refractivity (Wildman–Crippen MR) is 80.8 cm³/mol. The number of hydrogen-bond donors (Lipinski definition) is 0. The molecule has 0 saturated carbocycles. The van der Waals surface area contributed by atoms with E-state index in [-0.39, 0.29) is 5.41 Å². The predicted octanol–water partition coefficient (Wildman–Crippen LogP) is 4.22. The largest absolute Gasteiger partial charge is 0.360 e. The minimum atomic E-state index is 0.171. The summed E-state index contributed by atoms with van der Waals surface area (Å²) in [4.78, 5) is 6.75. The van der Waals surface area contributed by atoms with Crippen LogP contribution in [0.2, 0.25) is 0 Å². The Morgan fingerprint density at radius 2 is 1.89 bits per heavy atom. The summed E-state index contributed by atoms with van der Waals surface area (Å²) in [5, 5.41) is 0. The Morgan fingerprint density at radius 3 is 2.39 bits per heavy atom. The van der Waals surface area contributed by atoms with Gasteiger partial charge in [0.15, 0.2) is 0 Å². The molecule has 0 aliphatic carbocycles. The lowest BCUT2D eigenvalue weighted by atomic mass is 9.88. The van der Waals surface area contributed by atoms with Crippen LogP contribution in [0, 0.1) is 0 Å². The van der Waals surface area contributed by atoms with Gasteiger partial charge in [-0.3, -0.25) is 0 Å². The van der Waals surface area contributed by atoms with E-state index in [0.29, 0.717) is 0 Å². The number of unbranched alkanes of at least 4 members (excludes halogenated alkanes) is 2. The molecule has 0 atom stereocenters. The minimum absolute atomic E-state index is 0.171. The van der Waals surface area contributed by atoms with Crippen LogP contribution >= 0.6 is 11.6 Å². The molecule has 1 rings (SSSR count). The van der Waals surface area contributed by atoms with Gasteiger partial charge in [0.1, 0.15) is 5.82 Å². The normalized spacial score (nSPS) is 11.6. The van der Waals surface area contributed by atoms with Crippen molar-refractivity contribution in [2.75, 3.05) is 24.4 Å². The average molecular weight is 269 g/mol. The maximum Gasteiger partial charge on any atom is 0.128 e. The minimum Gasteiger partial charge on any atom is -0.360 e. The van der Waals surface area contributed by atoms with Gasteiger partial charge in [-0.05, 0) is 29.9 Å². The van der Waals surface area contributed by atoms with E-state index in [9.17, 15) is 0 Å². The Balaban J connectivity index is 2.51. The van der Waals surface area contributed by atoms with E-state index in [1.807, 2.05) is 6.20 Å². The second-order valence-electron chi connectivity index (χ2n) is 5.83. The van der Waals surface area contributed by atoms with E-state index >= 15 is 0 Å². The first-order chi connectivity index (χ1) is 8.45. The van der Waals surface area contributed by atoms with Gasteiger partial charge >= 0.3 is 0 Å². The summed E-state index contributed by atoms with van der Waals surface area (Å²) in [6.07, 6.45) is 5.45. The van der Waals surface area contributed by atoms with Crippen LogP contribution in [0.1, 0.15) is 45.6 Å². The van der Waals surface area contributed by atoms with Crippen LogP contribution in [0.4, 0.5) is 5.82 Å². The van der Waals surface area contributed by atoms with Crippen LogP contribution in [0.5, 0.6) is 0 Å². The highest BCUT2D eigenvalue weighted by Gasteiger charge is 2.14. The maximum atomic E-state index is 5.67. The van der Waals surface area contributed by atoms with Gasteiger partial charge in [-0.2, -0.15) is 0 Å². The van der Waals surface area contributed by atoms with Crippen molar-refractivity contribution in [3.8, 4) is 0 Å². The van der Waals surface area contributed by atoms with Gasteiger partial charge in [-0.15, -0.1) is 11.6 Å². The molecule has 0 aromatic carbocycles. The monoisotopic (exact) mass is 268 g/mol. The number of hydrogen-bond acceptors (Lipinski definition) is 2. The Labute approximate surface area is 116 Å². The van der Waals surface area contributed by atoms with Crippen molar-refractivity contribution in [2.24, 2.45) is 0 Å². The first kappa shape index (κ1) is 15.3. The second kappa shape index (κ2) is 6.98. The van der Waals surface area contributed by atoms with E-state index in [1.165, 1.54) is 18.4 Å². The summed E-state index contributed by atoms with van der Waals surface area (Å²) in [5.41, 5.74) is 1.45. The third-order valence-electron chi connectivity index (χ3n) is 3.13. The zero-order valence-corrected chi connectivity index (χ0v) is 12.8. The molecule has 102 valence electrons. The van der Waals surface area contributed by atoms with E-state index in [4.69, 9.17) is 11.6 Å².